The molecule has 0 atom stereocenters. The van der Waals surface area contributed by atoms with Crippen molar-refractivity contribution in [2.45, 2.75) is 38.8 Å². The summed E-state index contributed by atoms with van der Waals surface area (Å²) in [6.07, 6.45) is 2.15. The van der Waals surface area contributed by atoms with E-state index in [4.69, 9.17) is 0 Å². The Balaban J connectivity index is 0. The van der Waals surface area contributed by atoms with Crippen LogP contribution in [0.1, 0.15) is 26.7 Å². The number of likely N-dealkylation sites (N-methyl/N-ethyl adjacent to an activating group) is 1. The van der Waals surface area contributed by atoms with Crippen molar-refractivity contribution < 1.29 is 4.79 Å². The number of hydrogen-bond donors (Lipinski definition) is 1. The molecule has 0 unspecified atom stereocenters. The second-order valence-electron chi connectivity index (χ2n) is 4.95. The molecule has 6 heteroatoms. The Hall–Kier alpha value is -0.0300. The minimum absolute atomic E-state index is 0. The molecule has 0 saturated carbocycles. The van der Waals surface area contributed by atoms with E-state index in [1.54, 1.807) is 0 Å². The molecule has 0 bridgehead atoms. The first-order valence-electron chi connectivity index (χ1n) is 6.20. The van der Waals surface area contributed by atoms with Crippen LogP contribution < -0.4 is 5.32 Å². The summed E-state index contributed by atoms with van der Waals surface area (Å²) >= 11 is 0. The first-order valence-corrected chi connectivity index (χ1v) is 6.20. The predicted octanol–water partition coefficient (Wildman–Crippen LogP) is 1.38. The zero-order chi connectivity index (χ0) is 12.1. The lowest BCUT2D eigenvalue weighted by atomic mass is 10.1. The van der Waals surface area contributed by atoms with Crippen molar-refractivity contribution in [3.8, 4) is 0 Å². The third-order valence-corrected chi connectivity index (χ3v) is 3.52. The largest absolute Gasteiger partial charge is 0.341 e. The third-order valence-electron chi connectivity index (χ3n) is 3.52. The van der Waals surface area contributed by atoms with Gasteiger partial charge in [-0.2, -0.15) is 0 Å². The summed E-state index contributed by atoms with van der Waals surface area (Å²) in [5.41, 5.74) is 0. The van der Waals surface area contributed by atoms with Crippen molar-refractivity contribution in [1.82, 2.24) is 15.1 Å². The van der Waals surface area contributed by atoms with Gasteiger partial charge >= 0.3 is 0 Å². The molecule has 1 fully saturated rings. The minimum atomic E-state index is 0. The van der Waals surface area contributed by atoms with Gasteiger partial charge in [0.05, 0.1) is 6.54 Å². The Morgan fingerprint density at radius 3 is 2.22 bits per heavy atom. The van der Waals surface area contributed by atoms with Crippen LogP contribution in [-0.2, 0) is 4.79 Å². The molecule has 1 amide bonds. The van der Waals surface area contributed by atoms with Crippen LogP contribution in [0.5, 0.6) is 0 Å². The highest BCUT2D eigenvalue weighted by Crippen LogP contribution is 2.10. The van der Waals surface area contributed by atoms with Crippen LogP contribution in [0.3, 0.4) is 0 Å². The van der Waals surface area contributed by atoms with E-state index in [2.05, 4.69) is 24.1 Å². The topological polar surface area (TPSA) is 35.6 Å². The predicted molar refractivity (Wildman–Crippen MR) is 80.9 cm³/mol. The molecule has 0 aliphatic carbocycles. The maximum absolute atomic E-state index is 12.0. The molecule has 1 saturated heterocycles. The summed E-state index contributed by atoms with van der Waals surface area (Å²) in [6.45, 7) is 6.56. The monoisotopic (exact) mass is 299 g/mol. The first-order chi connectivity index (χ1) is 7.54. The van der Waals surface area contributed by atoms with Gasteiger partial charge in [-0.05, 0) is 40.8 Å². The zero-order valence-corrected chi connectivity index (χ0v) is 13.4. The van der Waals surface area contributed by atoms with E-state index in [0.717, 1.165) is 25.9 Å². The number of likely N-dealkylation sites (tertiary alicyclic amines) is 1. The second kappa shape index (κ2) is 9.84. The molecule has 1 heterocycles. The lowest BCUT2D eigenvalue weighted by molar-refractivity contribution is -0.133. The van der Waals surface area contributed by atoms with Crippen molar-refractivity contribution in [1.29, 1.82) is 0 Å². The molecule has 1 rings (SSSR count). The highest BCUT2D eigenvalue weighted by molar-refractivity contribution is 5.85. The standard InChI is InChI=1S/C12H25N3O.2ClH/c1-10(2)14(4)9-12(16)15-7-5-11(13-3)6-8-15;;/h10-11,13H,5-9H2,1-4H3;2*1H. The number of nitrogens with one attached hydrogen (secondary N) is 1. The van der Waals surface area contributed by atoms with E-state index in [9.17, 15) is 4.79 Å². The molecule has 0 spiro atoms. The fourth-order valence-electron chi connectivity index (χ4n) is 1.91. The number of nitrogens with zero attached hydrogens (tertiary/aromatic N) is 2. The van der Waals surface area contributed by atoms with E-state index in [1.165, 1.54) is 0 Å². The molecular formula is C12H27Cl2N3O. The summed E-state index contributed by atoms with van der Waals surface area (Å²) in [7, 11) is 4.00. The van der Waals surface area contributed by atoms with E-state index in [0.29, 0.717) is 18.6 Å². The molecular weight excluding hydrogens is 273 g/mol. The van der Waals surface area contributed by atoms with Gasteiger partial charge in [-0.1, -0.05) is 0 Å². The Kier molecular flexibility index (Phi) is 11.1. The van der Waals surface area contributed by atoms with Gasteiger partial charge in [0, 0.05) is 25.2 Å². The number of carbonyl (C=O) groups excluding carboxylic acids is 1. The smallest absolute Gasteiger partial charge is 0.236 e. The summed E-state index contributed by atoms with van der Waals surface area (Å²) in [4.78, 5) is 16.1. The van der Waals surface area contributed by atoms with Gasteiger partial charge in [0.1, 0.15) is 0 Å². The lowest BCUT2D eigenvalue weighted by Crippen LogP contribution is -2.47. The van der Waals surface area contributed by atoms with Crippen LogP contribution in [-0.4, -0.2) is 61.5 Å². The Labute approximate surface area is 123 Å². The molecule has 0 aromatic carbocycles. The second-order valence-corrected chi connectivity index (χ2v) is 4.95. The fourth-order valence-corrected chi connectivity index (χ4v) is 1.91. The minimum Gasteiger partial charge on any atom is -0.341 e. The molecule has 4 nitrogen and oxygen atoms in total. The van der Waals surface area contributed by atoms with Crippen LogP contribution in [0.25, 0.3) is 0 Å². The average molecular weight is 300 g/mol. The van der Waals surface area contributed by atoms with Crippen molar-refractivity contribution in [2.75, 3.05) is 33.7 Å². The van der Waals surface area contributed by atoms with Crippen LogP contribution in [0.4, 0.5) is 0 Å². The van der Waals surface area contributed by atoms with Crippen LogP contribution >= 0.6 is 24.8 Å². The SMILES string of the molecule is CNC1CCN(C(=O)CN(C)C(C)C)CC1.Cl.Cl. The number of hydrogen-bond acceptors (Lipinski definition) is 3. The first kappa shape index (κ1) is 20.3. The van der Waals surface area contributed by atoms with Crippen LogP contribution in [0.15, 0.2) is 0 Å². The van der Waals surface area contributed by atoms with Gasteiger partial charge in [0.25, 0.3) is 0 Å². The molecule has 110 valence electrons. The van der Waals surface area contributed by atoms with Gasteiger partial charge in [-0.15, -0.1) is 24.8 Å². The summed E-state index contributed by atoms with van der Waals surface area (Å²) in [6, 6.07) is 1.02. The van der Waals surface area contributed by atoms with E-state index >= 15 is 0 Å². The van der Waals surface area contributed by atoms with Crippen molar-refractivity contribution in [3.63, 3.8) is 0 Å². The Morgan fingerprint density at radius 1 is 1.33 bits per heavy atom. The molecule has 1 aliphatic rings. The highest BCUT2D eigenvalue weighted by Gasteiger charge is 2.22. The number of halogens is 2. The molecule has 18 heavy (non-hydrogen) atoms. The Bertz CT molecular complexity index is 231. The average Bonchev–Trinajstić information content (AvgIpc) is 2.28. The van der Waals surface area contributed by atoms with E-state index < -0.39 is 0 Å². The number of rotatable bonds is 4. The summed E-state index contributed by atoms with van der Waals surface area (Å²) in [5, 5.41) is 3.27. The number of carbonyl (C=O) groups is 1. The summed E-state index contributed by atoms with van der Waals surface area (Å²) in [5.74, 6) is 0.269. The maximum atomic E-state index is 12.0. The van der Waals surface area contributed by atoms with Crippen molar-refractivity contribution >= 4 is 30.7 Å². The van der Waals surface area contributed by atoms with Gasteiger partial charge in [0.15, 0.2) is 0 Å². The summed E-state index contributed by atoms with van der Waals surface area (Å²) < 4.78 is 0. The highest BCUT2D eigenvalue weighted by atomic mass is 35.5. The van der Waals surface area contributed by atoms with Crippen molar-refractivity contribution in [3.05, 3.63) is 0 Å². The van der Waals surface area contributed by atoms with E-state index in [-0.39, 0.29) is 30.7 Å². The van der Waals surface area contributed by atoms with Crippen LogP contribution in [0, 0.1) is 0 Å². The molecule has 0 radical (unpaired) electrons. The molecule has 1 N–H and O–H groups in total. The van der Waals surface area contributed by atoms with Gasteiger partial charge in [-0.3, -0.25) is 9.69 Å². The fraction of sp³-hybridized carbons (Fsp3) is 0.917. The zero-order valence-electron chi connectivity index (χ0n) is 11.8. The van der Waals surface area contributed by atoms with Gasteiger partial charge in [-0.25, -0.2) is 0 Å². The quantitative estimate of drug-likeness (QED) is 0.852. The number of piperidine rings is 1. The van der Waals surface area contributed by atoms with Crippen molar-refractivity contribution in [2.24, 2.45) is 0 Å². The van der Waals surface area contributed by atoms with E-state index in [1.807, 2.05) is 19.0 Å². The lowest BCUT2D eigenvalue weighted by Gasteiger charge is -2.33. The Morgan fingerprint density at radius 2 is 1.83 bits per heavy atom. The third kappa shape index (κ3) is 6.23. The van der Waals surface area contributed by atoms with Gasteiger partial charge < -0.3 is 10.2 Å². The maximum Gasteiger partial charge on any atom is 0.236 e. The van der Waals surface area contributed by atoms with Crippen LogP contribution in [0.2, 0.25) is 0 Å². The molecule has 0 aromatic heterocycles. The molecule has 1 aliphatic heterocycles. The number of amides is 1. The van der Waals surface area contributed by atoms with Gasteiger partial charge in [0.2, 0.25) is 5.91 Å². The normalized spacial score (nSPS) is 16.4. The molecule has 0 aromatic rings.